The number of hydrogen-bond acceptors (Lipinski definition) is 4. The molecule has 6 heteroatoms. The van der Waals surface area contributed by atoms with Gasteiger partial charge in [-0.1, -0.05) is 0 Å². The molecule has 5 nitrogen and oxygen atoms in total. The number of carbonyl (C=O) groups excluding carboxylic acids is 1. The molecule has 1 aliphatic heterocycles. The van der Waals surface area contributed by atoms with Crippen LogP contribution in [0.1, 0.15) is 48.5 Å². The Labute approximate surface area is 115 Å². The van der Waals surface area contributed by atoms with Crippen LogP contribution in [0.25, 0.3) is 0 Å². The highest BCUT2D eigenvalue weighted by atomic mass is 16.7. The predicted molar refractivity (Wildman–Crippen MR) is 75.6 cm³/mol. The van der Waals surface area contributed by atoms with Gasteiger partial charge >= 0.3 is 13.2 Å². The first-order chi connectivity index (χ1) is 8.43. The summed E-state index contributed by atoms with van der Waals surface area (Å²) in [5, 5.41) is 0. The quantitative estimate of drug-likeness (QED) is 0.571. The third kappa shape index (κ3) is 4.62. The highest BCUT2D eigenvalue weighted by Crippen LogP contribution is 2.37. The Kier molecular flexibility index (Phi) is 4.47. The predicted octanol–water partition coefficient (Wildman–Crippen LogP) is 3.08. The highest BCUT2D eigenvalue weighted by molar-refractivity contribution is 6.49. The number of carbonyl (C=O) groups is 1. The SMILES string of the molecule is CC(C)(C)OC(=O)N=CCB1OC(C)(C)C(C)(C)O1. The van der Waals surface area contributed by atoms with Crippen LogP contribution in [0.2, 0.25) is 6.32 Å². The molecular weight excluding hydrogens is 245 g/mol. The second kappa shape index (κ2) is 5.25. The van der Waals surface area contributed by atoms with E-state index in [-0.39, 0.29) is 18.3 Å². The number of amides is 1. The Bertz CT molecular complexity index is 355. The van der Waals surface area contributed by atoms with Crippen molar-refractivity contribution >= 4 is 19.4 Å². The first kappa shape index (κ1) is 16.2. The molecular formula is C13H24BNO4. The molecule has 19 heavy (non-hydrogen) atoms. The summed E-state index contributed by atoms with van der Waals surface area (Å²) in [7, 11) is -0.379. The van der Waals surface area contributed by atoms with E-state index >= 15 is 0 Å². The molecule has 0 atom stereocenters. The second-order valence-electron chi connectivity index (χ2n) is 6.71. The summed E-state index contributed by atoms with van der Waals surface area (Å²) in [6.45, 7) is 13.3. The second-order valence-corrected chi connectivity index (χ2v) is 6.71. The van der Waals surface area contributed by atoms with Crippen molar-refractivity contribution < 1.29 is 18.8 Å². The van der Waals surface area contributed by atoms with Gasteiger partial charge in [-0.2, -0.15) is 4.99 Å². The first-order valence-electron chi connectivity index (χ1n) is 6.54. The van der Waals surface area contributed by atoms with Crippen molar-refractivity contribution in [2.45, 2.75) is 71.6 Å². The van der Waals surface area contributed by atoms with Crippen molar-refractivity contribution in [1.82, 2.24) is 0 Å². The lowest BCUT2D eigenvalue weighted by Crippen LogP contribution is -2.41. The summed E-state index contributed by atoms with van der Waals surface area (Å²) in [5.41, 5.74) is -1.26. The fourth-order valence-electron chi connectivity index (χ4n) is 1.56. The molecule has 0 aromatic rings. The Morgan fingerprint density at radius 1 is 1.21 bits per heavy atom. The average Bonchev–Trinajstić information content (AvgIpc) is 2.31. The highest BCUT2D eigenvalue weighted by Gasteiger charge is 2.50. The number of nitrogens with zero attached hydrogens (tertiary/aromatic N) is 1. The molecule has 0 bridgehead atoms. The van der Waals surface area contributed by atoms with Gasteiger partial charge in [0, 0.05) is 12.5 Å². The van der Waals surface area contributed by atoms with Gasteiger partial charge in [-0.25, -0.2) is 4.79 Å². The molecule has 0 unspecified atom stereocenters. The summed E-state index contributed by atoms with van der Waals surface area (Å²) in [6.07, 6.45) is 1.31. The zero-order valence-corrected chi connectivity index (χ0v) is 12.9. The maximum Gasteiger partial charge on any atom is 0.463 e. The van der Waals surface area contributed by atoms with Crippen LogP contribution < -0.4 is 0 Å². The van der Waals surface area contributed by atoms with Gasteiger partial charge in [0.1, 0.15) is 5.60 Å². The molecule has 0 aromatic heterocycles. The third-order valence-electron chi connectivity index (χ3n) is 3.19. The van der Waals surface area contributed by atoms with Gasteiger partial charge in [0.25, 0.3) is 0 Å². The van der Waals surface area contributed by atoms with Gasteiger partial charge in [0.05, 0.1) is 11.2 Å². The lowest BCUT2D eigenvalue weighted by Gasteiger charge is -2.32. The molecule has 0 N–H and O–H groups in total. The van der Waals surface area contributed by atoms with Gasteiger partial charge in [-0.15, -0.1) is 0 Å². The van der Waals surface area contributed by atoms with E-state index in [0.29, 0.717) is 6.32 Å². The van der Waals surface area contributed by atoms with Gasteiger partial charge in [-0.05, 0) is 48.5 Å². The molecule has 108 valence electrons. The first-order valence-corrected chi connectivity index (χ1v) is 6.54. The summed E-state index contributed by atoms with van der Waals surface area (Å²) in [5.74, 6) is 0. The minimum Gasteiger partial charge on any atom is -0.442 e. The summed E-state index contributed by atoms with van der Waals surface area (Å²) in [6, 6.07) is 0. The van der Waals surface area contributed by atoms with Gasteiger partial charge in [0.2, 0.25) is 0 Å². The summed E-state index contributed by atoms with van der Waals surface area (Å²) < 4.78 is 16.6. The van der Waals surface area contributed by atoms with Crippen LogP contribution in [0.5, 0.6) is 0 Å². The third-order valence-corrected chi connectivity index (χ3v) is 3.19. The molecule has 1 amide bonds. The normalized spacial score (nSPS) is 21.9. The van der Waals surface area contributed by atoms with Crippen molar-refractivity contribution in [2.75, 3.05) is 0 Å². The number of ether oxygens (including phenoxy) is 1. The Hall–Kier alpha value is -0.875. The number of rotatable bonds is 2. The van der Waals surface area contributed by atoms with E-state index in [0.717, 1.165) is 0 Å². The van der Waals surface area contributed by atoms with Crippen LogP contribution in [0, 0.1) is 0 Å². The molecule has 0 aliphatic carbocycles. The maximum atomic E-state index is 11.4. The van der Waals surface area contributed by atoms with E-state index in [1.807, 2.05) is 27.7 Å². The van der Waals surface area contributed by atoms with Crippen molar-refractivity contribution in [1.29, 1.82) is 0 Å². The summed E-state index contributed by atoms with van der Waals surface area (Å²) >= 11 is 0. The van der Waals surface area contributed by atoms with Gasteiger partial charge < -0.3 is 14.0 Å². The van der Waals surface area contributed by atoms with Crippen molar-refractivity contribution in [3.8, 4) is 0 Å². The minimum atomic E-state index is -0.594. The Morgan fingerprint density at radius 3 is 2.11 bits per heavy atom. The van der Waals surface area contributed by atoms with Crippen LogP contribution in [0.15, 0.2) is 4.99 Å². The van der Waals surface area contributed by atoms with Crippen LogP contribution >= 0.6 is 0 Å². The van der Waals surface area contributed by atoms with Crippen molar-refractivity contribution in [2.24, 2.45) is 4.99 Å². The monoisotopic (exact) mass is 269 g/mol. The van der Waals surface area contributed by atoms with Crippen LogP contribution in [-0.4, -0.2) is 36.2 Å². The van der Waals surface area contributed by atoms with E-state index in [4.69, 9.17) is 14.0 Å². The van der Waals surface area contributed by atoms with E-state index in [1.165, 1.54) is 6.21 Å². The van der Waals surface area contributed by atoms with E-state index in [9.17, 15) is 4.79 Å². The van der Waals surface area contributed by atoms with E-state index < -0.39 is 11.7 Å². The molecule has 1 saturated heterocycles. The molecule has 1 heterocycles. The standard InChI is InChI=1S/C13H24BNO4/c1-11(2,3)17-10(16)15-9-8-14-18-12(4,5)13(6,7)19-14/h9H,8H2,1-7H3. The topological polar surface area (TPSA) is 57.1 Å². The fourth-order valence-corrected chi connectivity index (χ4v) is 1.56. The van der Waals surface area contributed by atoms with Crippen LogP contribution in [0.4, 0.5) is 4.79 Å². The van der Waals surface area contributed by atoms with Crippen molar-refractivity contribution in [3.63, 3.8) is 0 Å². The van der Waals surface area contributed by atoms with Gasteiger partial charge in [-0.3, -0.25) is 0 Å². The lowest BCUT2D eigenvalue weighted by molar-refractivity contribution is 0.00578. The maximum absolute atomic E-state index is 11.4. The van der Waals surface area contributed by atoms with E-state index in [2.05, 4.69) is 4.99 Å². The molecule has 1 aliphatic rings. The van der Waals surface area contributed by atoms with E-state index in [1.54, 1.807) is 20.8 Å². The van der Waals surface area contributed by atoms with Crippen LogP contribution in [-0.2, 0) is 14.0 Å². The smallest absolute Gasteiger partial charge is 0.442 e. The molecule has 0 spiro atoms. The molecule has 0 radical (unpaired) electrons. The van der Waals surface area contributed by atoms with Crippen LogP contribution in [0.3, 0.4) is 0 Å². The number of hydrogen-bond donors (Lipinski definition) is 0. The average molecular weight is 269 g/mol. The number of aliphatic imine (C=N–C) groups is 1. The molecule has 0 aromatic carbocycles. The fraction of sp³-hybridized carbons (Fsp3) is 0.846. The van der Waals surface area contributed by atoms with Crippen molar-refractivity contribution in [3.05, 3.63) is 0 Å². The summed E-state index contributed by atoms with van der Waals surface area (Å²) in [4.78, 5) is 15.1. The molecule has 0 saturated carbocycles. The Balaban J connectivity index is 2.45. The van der Waals surface area contributed by atoms with Gasteiger partial charge in [0.15, 0.2) is 0 Å². The zero-order chi connectivity index (χ0) is 14.9. The molecule has 1 fully saturated rings. The molecule has 1 rings (SSSR count). The largest absolute Gasteiger partial charge is 0.463 e. The Morgan fingerprint density at radius 2 is 1.68 bits per heavy atom. The lowest BCUT2D eigenvalue weighted by atomic mass is 9.86. The minimum absolute atomic E-state index is 0.364. The zero-order valence-electron chi connectivity index (χ0n) is 12.9.